The van der Waals surface area contributed by atoms with E-state index in [1.807, 2.05) is 0 Å². The lowest BCUT2D eigenvalue weighted by molar-refractivity contribution is -0.208. The van der Waals surface area contributed by atoms with Gasteiger partial charge >= 0.3 is 18.1 Å². The van der Waals surface area contributed by atoms with Gasteiger partial charge in [-0.1, -0.05) is 0 Å². The van der Waals surface area contributed by atoms with E-state index in [4.69, 9.17) is 14.2 Å². The maximum atomic E-state index is 12.8. The number of carbonyl (C=O) groups is 4. The minimum Gasteiger partial charge on any atom is -0.464 e. The van der Waals surface area contributed by atoms with Gasteiger partial charge in [-0.15, -0.1) is 11.8 Å². The number of rotatable bonds is 6. The summed E-state index contributed by atoms with van der Waals surface area (Å²) in [6.07, 6.45) is -0.654. The molecule has 3 unspecified atom stereocenters. The fourth-order valence-corrected chi connectivity index (χ4v) is 4.53. The van der Waals surface area contributed by atoms with E-state index in [-0.39, 0.29) is 24.5 Å². The third-order valence-electron chi connectivity index (χ3n) is 3.93. The van der Waals surface area contributed by atoms with E-state index in [9.17, 15) is 19.2 Å². The molecule has 10 heteroatoms. The van der Waals surface area contributed by atoms with Crippen molar-refractivity contribution in [1.82, 2.24) is 4.90 Å². The maximum Gasteiger partial charge on any atom is 0.511 e. The Kier molecular flexibility index (Phi) is 5.74. The van der Waals surface area contributed by atoms with Crippen molar-refractivity contribution in [3.8, 4) is 0 Å². The Balaban J connectivity index is 2.13. The van der Waals surface area contributed by atoms with Crippen LogP contribution in [0.15, 0.2) is 0 Å². The van der Waals surface area contributed by atoms with Gasteiger partial charge in [0, 0.05) is 20.8 Å². The highest BCUT2D eigenvalue weighted by Crippen LogP contribution is 2.51. The summed E-state index contributed by atoms with van der Waals surface area (Å²) in [4.78, 5) is 48.9. The molecule has 0 aromatic carbocycles. The van der Waals surface area contributed by atoms with Crippen LogP contribution in [0.3, 0.4) is 0 Å². The second-order valence-electron chi connectivity index (χ2n) is 6.68. The highest BCUT2D eigenvalue weighted by atomic mass is 32.2. The molecule has 2 fully saturated rings. The quantitative estimate of drug-likeness (QED) is 0.288. The molecule has 3 atom stereocenters. The lowest BCUT2D eigenvalue weighted by Crippen LogP contribution is -2.59. The van der Waals surface area contributed by atoms with Gasteiger partial charge in [0.2, 0.25) is 5.91 Å². The van der Waals surface area contributed by atoms with Crippen LogP contribution in [0.4, 0.5) is 4.79 Å². The van der Waals surface area contributed by atoms with Crippen molar-refractivity contribution in [1.29, 1.82) is 0 Å². The Morgan fingerprint density at radius 3 is 2.46 bits per heavy atom. The minimum atomic E-state index is -1.58. The van der Waals surface area contributed by atoms with Crippen LogP contribution in [0.2, 0.25) is 0 Å². The van der Waals surface area contributed by atoms with Crippen molar-refractivity contribution < 1.29 is 38.1 Å². The van der Waals surface area contributed by atoms with Crippen molar-refractivity contribution in [2.45, 2.75) is 63.0 Å². The van der Waals surface area contributed by atoms with Gasteiger partial charge in [0.1, 0.15) is 12.6 Å². The van der Waals surface area contributed by atoms with Gasteiger partial charge in [-0.05, 0) is 13.8 Å². The minimum absolute atomic E-state index is 0.0494. The number of nitrogens with zero attached hydrogens (tertiary/aromatic N) is 1. The number of carbonyl (C=O) groups excluding carboxylic acids is 4. The maximum absolute atomic E-state index is 12.8. The van der Waals surface area contributed by atoms with E-state index in [1.165, 1.54) is 37.4 Å². The molecule has 0 spiro atoms. The summed E-state index contributed by atoms with van der Waals surface area (Å²) in [7, 11) is 0. The third kappa shape index (κ3) is 4.22. The zero-order valence-corrected chi connectivity index (χ0v) is 16.2. The van der Waals surface area contributed by atoms with Crippen LogP contribution >= 0.6 is 11.8 Å². The molecule has 2 rings (SSSR count). The number of fused-ring (bicyclic) bond motifs is 1. The first-order valence-electron chi connectivity index (χ1n) is 8.20. The summed E-state index contributed by atoms with van der Waals surface area (Å²) in [6.45, 7) is 7.47. The molecule has 0 N–H and O–H groups in total. The van der Waals surface area contributed by atoms with Crippen molar-refractivity contribution in [2.24, 2.45) is 0 Å². The molecule has 2 saturated heterocycles. The first kappa shape index (κ1) is 20.3. The summed E-state index contributed by atoms with van der Waals surface area (Å²) in [6, 6.07) is -0.955. The number of hydrogen-bond donors (Lipinski definition) is 0. The standard InChI is InChI=1S/C16H23NO8S/c1-6-22-14(21)25-15(3,4)24-13(20)12-16(5,8-23-9(2)18)26-11-7-10(19)17(11)12/h11-12H,6-8H2,1-5H3. The molecule has 0 bridgehead atoms. The lowest BCUT2D eigenvalue weighted by Gasteiger charge is -2.38. The predicted molar refractivity (Wildman–Crippen MR) is 89.9 cm³/mol. The normalized spacial score (nSPS) is 27.3. The molecule has 0 aromatic rings. The molecular weight excluding hydrogens is 366 g/mol. The van der Waals surface area contributed by atoms with Gasteiger partial charge in [0.05, 0.1) is 23.1 Å². The van der Waals surface area contributed by atoms with Gasteiger partial charge < -0.3 is 23.8 Å². The third-order valence-corrected chi connectivity index (χ3v) is 5.48. The molecule has 0 aliphatic carbocycles. The molecule has 1 amide bonds. The average molecular weight is 389 g/mol. The zero-order valence-electron chi connectivity index (χ0n) is 15.4. The topological polar surface area (TPSA) is 108 Å². The Bertz CT molecular complexity index is 621. The van der Waals surface area contributed by atoms with Crippen molar-refractivity contribution in [2.75, 3.05) is 13.2 Å². The van der Waals surface area contributed by atoms with E-state index in [0.29, 0.717) is 6.42 Å². The van der Waals surface area contributed by atoms with E-state index >= 15 is 0 Å². The van der Waals surface area contributed by atoms with Crippen molar-refractivity contribution in [3.05, 3.63) is 0 Å². The summed E-state index contributed by atoms with van der Waals surface area (Å²) in [5.74, 6) is -2.98. The van der Waals surface area contributed by atoms with Crippen LogP contribution in [-0.2, 0) is 33.3 Å². The van der Waals surface area contributed by atoms with Crippen LogP contribution in [-0.4, -0.2) is 64.1 Å². The van der Waals surface area contributed by atoms with Crippen LogP contribution in [0.25, 0.3) is 0 Å². The molecule has 26 heavy (non-hydrogen) atoms. The van der Waals surface area contributed by atoms with E-state index in [0.717, 1.165) is 0 Å². The van der Waals surface area contributed by atoms with Crippen LogP contribution in [0, 0.1) is 0 Å². The van der Waals surface area contributed by atoms with Crippen molar-refractivity contribution >= 4 is 35.8 Å². The number of thioether (sulfide) groups is 1. The molecule has 146 valence electrons. The highest BCUT2D eigenvalue weighted by Gasteiger charge is 2.62. The zero-order chi connectivity index (χ0) is 19.7. The van der Waals surface area contributed by atoms with Crippen LogP contribution in [0.5, 0.6) is 0 Å². The molecule has 9 nitrogen and oxygen atoms in total. The lowest BCUT2D eigenvalue weighted by atomic mass is 9.97. The largest absolute Gasteiger partial charge is 0.511 e. The molecule has 0 radical (unpaired) electrons. The predicted octanol–water partition coefficient (Wildman–Crippen LogP) is 1.43. The monoisotopic (exact) mass is 389 g/mol. The molecule has 0 saturated carbocycles. The summed E-state index contributed by atoms with van der Waals surface area (Å²) in [5.41, 5.74) is 0. The average Bonchev–Trinajstić information content (AvgIpc) is 2.72. The Hall–Kier alpha value is -1.97. The van der Waals surface area contributed by atoms with E-state index in [1.54, 1.807) is 13.8 Å². The van der Waals surface area contributed by atoms with Gasteiger partial charge in [0.25, 0.3) is 5.79 Å². The summed E-state index contributed by atoms with van der Waals surface area (Å²) in [5, 5.41) is -0.172. The Morgan fingerprint density at radius 2 is 1.92 bits per heavy atom. The number of esters is 2. The first-order valence-corrected chi connectivity index (χ1v) is 9.08. The SMILES string of the molecule is CCOC(=O)OC(C)(C)OC(=O)C1N2C(=O)CC2SC1(C)COC(C)=O. The molecule has 2 aliphatic heterocycles. The number of hydrogen-bond acceptors (Lipinski definition) is 9. The van der Waals surface area contributed by atoms with Crippen LogP contribution < -0.4 is 0 Å². The second-order valence-corrected chi connectivity index (χ2v) is 8.39. The molecule has 2 aliphatic rings. The van der Waals surface area contributed by atoms with E-state index < -0.39 is 34.7 Å². The number of ether oxygens (including phenoxy) is 4. The van der Waals surface area contributed by atoms with Crippen LogP contribution in [0.1, 0.15) is 41.0 Å². The molecule has 2 heterocycles. The van der Waals surface area contributed by atoms with Crippen molar-refractivity contribution in [3.63, 3.8) is 0 Å². The number of amides is 1. The van der Waals surface area contributed by atoms with Gasteiger partial charge in [-0.25, -0.2) is 9.59 Å². The summed E-state index contributed by atoms with van der Waals surface area (Å²) >= 11 is 1.39. The Labute approximate surface area is 155 Å². The summed E-state index contributed by atoms with van der Waals surface area (Å²) < 4.78 is 19.2. The fraction of sp³-hybridized carbons (Fsp3) is 0.750. The fourth-order valence-electron chi connectivity index (χ4n) is 2.87. The first-order chi connectivity index (χ1) is 12.0. The van der Waals surface area contributed by atoms with E-state index in [2.05, 4.69) is 4.74 Å². The highest BCUT2D eigenvalue weighted by molar-refractivity contribution is 8.01. The van der Waals surface area contributed by atoms with Gasteiger partial charge in [0.15, 0.2) is 0 Å². The Morgan fingerprint density at radius 1 is 1.27 bits per heavy atom. The van der Waals surface area contributed by atoms with Gasteiger partial charge in [-0.2, -0.15) is 0 Å². The molecule has 0 aromatic heterocycles. The second kappa shape index (κ2) is 7.34. The van der Waals surface area contributed by atoms with Gasteiger partial charge in [-0.3, -0.25) is 9.59 Å². The number of β-lactam (4-membered cyclic amide) rings is 1. The smallest absolute Gasteiger partial charge is 0.464 e. The molecular formula is C16H23NO8S.